The van der Waals surface area contributed by atoms with Gasteiger partial charge in [-0.1, -0.05) is 0 Å². The van der Waals surface area contributed by atoms with E-state index in [1.54, 1.807) is 6.20 Å². The molecule has 1 aliphatic rings. The fraction of sp³-hybridized carbons (Fsp3) is 0.333. The first-order valence-electron chi connectivity index (χ1n) is 8.92. The molecule has 0 aromatic carbocycles. The zero-order valence-electron chi connectivity index (χ0n) is 14.3. The second-order valence-electron chi connectivity index (χ2n) is 6.87. The third-order valence-electron chi connectivity index (χ3n) is 5.08. The molecule has 0 radical (unpaired) electrons. The van der Waals surface area contributed by atoms with Crippen LogP contribution in [0.3, 0.4) is 0 Å². The van der Waals surface area contributed by atoms with Crippen LogP contribution in [0.5, 0.6) is 0 Å². The van der Waals surface area contributed by atoms with E-state index in [0.717, 1.165) is 42.3 Å². The minimum Gasteiger partial charge on any atom is -0.350 e. The fourth-order valence-corrected chi connectivity index (χ4v) is 3.61. The normalized spacial score (nSPS) is 20.7. The zero-order chi connectivity index (χ0) is 17.5. The standard InChI is InChI=1S/C18H20N8/c19-13-1-3-14(4-2-13)23-17-21-10-16-15(5-7-26(16)24-17)12-9-22-18-20-6-8-25(18)11-12/h5-11,13-14H,1-4,19H2,(H,23,24). The van der Waals surface area contributed by atoms with Gasteiger partial charge < -0.3 is 11.1 Å². The Morgan fingerprint density at radius 3 is 2.81 bits per heavy atom. The van der Waals surface area contributed by atoms with Crippen LogP contribution < -0.4 is 11.1 Å². The van der Waals surface area contributed by atoms with Crippen molar-refractivity contribution >= 4 is 17.2 Å². The van der Waals surface area contributed by atoms with Gasteiger partial charge in [-0.25, -0.2) is 19.5 Å². The Morgan fingerprint density at radius 1 is 1.04 bits per heavy atom. The summed E-state index contributed by atoms with van der Waals surface area (Å²) >= 11 is 0. The second-order valence-corrected chi connectivity index (χ2v) is 6.87. The highest BCUT2D eigenvalue weighted by atomic mass is 15.3. The summed E-state index contributed by atoms with van der Waals surface area (Å²) in [6.07, 6.45) is 15.5. The molecule has 1 fully saturated rings. The highest BCUT2D eigenvalue weighted by molar-refractivity contribution is 5.79. The van der Waals surface area contributed by atoms with Crippen LogP contribution in [0.15, 0.2) is 43.2 Å². The Bertz CT molecular complexity index is 1060. The van der Waals surface area contributed by atoms with Crippen LogP contribution in [-0.2, 0) is 0 Å². The lowest BCUT2D eigenvalue weighted by Gasteiger charge is -2.26. The van der Waals surface area contributed by atoms with Gasteiger partial charge in [-0.2, -0.15) is 0 Å². The number of nitrogens with zero attached hydrogens (tertiary/aromatic N) is 6. The van der Waals surface area contributed by atoms with Crippen LogP contribution in [0.1, 0.15) is 25.7 Å². The molecule has 4 aromatic rings. The topological polar surface area (TPSA) is 98.4 Å². The van der Waals surface area contributed by atoms with Crippen LogP contribution in [0.2, 0.25) is 0 Å². The number of nitrogens with one attached hydrogen (secondary N) is 1. The number of fused-ring (bicyclic) bond motifs is 2. The average molecular weight is 348 g/mol. The van der Waals surface area contributed by atoms with Crippen molar-refractivity contribution in [3.05, 3.63) is 43.2 Å². The smallest absolute Gasteiger partial charge is 0.241 e. The Kier molecular flexibility index (Phi) is 3.56. The lowest BCUT2D eigenvalue weighted by Crippen LogP contribution is -2.33. The number of anilines is 1. The molecule has 132 valence electrons. The lowest BCUT2D eigenvalue weighted by molar-refractivity contribution is 0.409. The molecule has 0 atom stereocenters. The summed E-state index contributed by atoms with van der Waals surface area (Å²) in [5, 5.41) is 8.05. The van der Waals surface area contributed by atoms with Gasteiger partial charge in [-0.3, -0.25) is 4.40 Å². The van der Waals surface area contributed by atoms with Crippen LogP contribution in [0.4, 0.5) is 5.95 Å². The summed E-state index contributed by atoms with van der Waals surface area (Å²) in [4.78, 5) is 13.1. The number of nitrogens with two attached hydrogens (primary N) is 1. The van der Waals surface area contributed by atoms with Crippen molar-refractivity contribution in [2.45, 2.75) is 37.8 Å². The first-order chi connectivity index (χ1) is 12.8. The van der Waals surface area contributed by atoms with E-state index in [2.05, 4.69) is 25.4 Å². The van der Waals surface area contributed by atoms with Gasteiger partial charge >= 0.3 is 0 Å². The van der Waals surface area contributed by atoms with Gasteiger partial charge in [-0.05, 0) is 31.7 Å². The van der Waals surface area contributed by atoms with Gasteiger partial charge in [0.05, 0.1) is 11.7 Å². The minimum atomic E-state index is 0.338. The maximum atomic E-state index is 5.98. The van der Waals surface area contributed by atoms with E-state index in [1.165, 1.54) is 0 Å². The maximum absolute atomic E-state index is 5.98. The molecule has 0 aliphatic heterocycles. The van der Waals surface area contributed by atoms with E-state index in [0.29, 0.717) is 23.8 Å². The first-order valence-corrected chi connectivity index (χ1v) is 8.92. The van der Waals surface area contributed by atoms with Gasteiger partial charge in [-0.15, -0.1) is 5.10 Å². The van der Waals surface area contributed by atoms with Crippen LogP contribution in [0.25, 0.3) is 22.4 Å². The first kappa shape index (κ1) is 15.3. The molecular weight excluding hydrogens is 328 g/mol. The number of hydrogen-bond donors (Lipinski definition) is 2. The molecule has 1 saturated carbocycles. The molecule has 0 spiro atoms. The summed E-state index contributed by atoms with van der Waals surface area (Å²) in [7, 11) is 0. The Balaban J connectivity index is 1.44. The lowest BCUT2D eigenvalue weighted by atomic mass is 9.92. The van der Waals surface area contributed by atoms with Crippen molar-refractivity contribution in [2.75, 3.05) is 5.32 Å². The quantitative estimate of drug-likeness (QED) is 0.588. The Labute approximate surface area is 150 Å². The highest BCUT2D eigenvalue weighted by Crippen LogP contribution is 2.25. The van der Waals surface area contributed by atoms with E-state index < -0.39 is 0 Å². The van der Waals surface area contributed by atoms with E-state index >= 15 is 0 Å². The van der Waals surface area contributed by atoms with E-state index in [9.17, 15) is 0 Å². The molecule has 4 aromatic heterocycles. The molecule has 26 heavy (non-hydrogen) atoms. The van der Waals surface area contributed by atoms with E-state index in [-0.39, 0.29) is 0 Å². The van der Waals surface area contributed by atoms with Crippen molar-refractivity contribution in [1.82, 2.24) is 29.0 Å². The van der Waals surface area contributed by atoms with E-state index in [4.69, 9.17) is 5.73 Å². The van der Waals surface area contributed by atoms with Crippen molar-refractivity contribution in [3.8, 4) is 11.1 Å². The number of hydrogen-bond acceptors (Lipinski definition) is 6. The fourth-order valence-electron chi connectivity index (χ4n) is 3.61. The van der Waals surface area contributed by atoms with Gasteiger partial charge in [0, 0.05) is 54.2 Å². The Morgan fingerprint density at radius 2 is 1.92 bits per heavy atom. The predicted octanol–water partition coefficient (Wildman–Crippen LogP) is 2.12. The average Bonchev–Trinajstić information content (AvgIpc) is 3.29. The molecule has 0 bridgehead atoms. The molecule has 4 heterocycles. The number of rotatable bonds is 3. The van der Waals surface area contributed by atoms with Gasteiger partial charge in [0.1, 0.15) is 0 Å². The van der Waals surface area contributed by atoms with E-state index in [1.807, 2.05) is 46.0 Å². The summed E-state index contributed by atoms with van der Waals surface area (Å²) in [6, 6.07) is 2.77. The molecule has 1 aliphatic carbocycles. The van der Waals surface area contributed by atoms with Crippen molar-refractivity contribution < 1.29 is 0 Å². The van der Waals surface area contributed by atoms with Gasteiger partial charge in [0.2, 0.25) is 11.7 Å². The summed E-state index contributed by atoms with van der Waals surface area (Å²) in [6.45, 7) is 0. The molecule has 0 saturated heterocycles. The molecule has 8 nitrogen and oxygen atoms in total. The summed E-state index contributed by atoms with van der Waals surface area (Å²) in [5.41, 5.74) is 8.97. The molecule has 0 unspecified atom stereocenters. The highest BCUT2D eigenvalue weighted by Gasteiger charge is 2.19. The molecule has 0 amide bonds. The van der Waals surface area contributed by atoms with Crippen molar-refractivity contribution in [2.24, 2.45) is 5.73 Å². The van der Waals surface area contributed by atoms with Crippen molar-refractivity contribution in [1.29, 1.82) is 0 Å². The summed E-state index contributed by atoms with van der Waals surface area (Å²) in [5.74, 6) is 1.34. The second kappa shape index (κ2) is 6.06. The monoisotopic (exact) mass is 348 g/mol. The SMILES string of the molecule is NC1CCC(Nc2ncc3c(-c4cnc5nccn5c4)ccn3n2)CC1. The summed E-state index contributed by atoms with van der Waals surface area (Å²) < 4.78 is 3.76. The van der Waals surface area contributed by atoms with Crippen LogP contribution >= 0.6 is 0 Å². The van der Waals surface area contributed by atoms with Gasteiger partial charge in [0.25, 0.3) is 0 Å². The molecule has 8 heteroatoms. The third kappa shape index (κ3) is 2.68. The third-order valence-corrected chi connectivity index (χ3v) is 5.08. The Hall–Kier alpha value is -3.00. The van der Waals surface area contributed by atoms with Gasteiger partial charge in [0.15, 0.2) is 0 Å². The predicted molar refractivity (Wildman–Crippen MR) is 98.8 cm³/mol. The molecular formula is C18H20N8. The largest absolute Gasteiger partial charge is 0.350 e. The number of aromatic nitrogens is 6. The van der Waals surface area contributed by atoms with Crippen molar-refractivity contribution in [3.63, 3.8) is 0 Å². The minimum absolute atomic E-state index is 0.338. The number of imidazole rings is 1. The van der Waals surface area contributed by atoms with Crippen LogP contribution in [-0.4, -0.2) is 41.1 Å². The maximum Gasteiger partial charge on any atom is 0.241 e. The zero-order valence-corrected chi connectivity index (χ0v) is 14.3. The molecule has 5 rings (SSSR count). The molecule has 3 N–H and O–H groups in total. The van der Waals surface area contributed by atoms with Crippen LogP contribution in [0, 0.1) is 0 Å².